The van der Waals surface area contributed by atoms with Crippen molar-refractivity contribution in [1.82, 2.24) is 19.5 Å². The Morgan fingerprint density at radius 1 is 1.38 bits per heavy atom. The third kappa shape index (κ3) is 3.27. The number of nitrogens with two attached hydrogens (primary N) is 1. The fraction of sp³-hybridized carbons (Fsp3) is 0.562. The van der Waals surface area contributed by atoms with Gasteiger partial charge in [-0.25, -0.2) is 15.0 Å². The highest BCUT2D eigenvalue weighted by molar-refractivity contribution is 7.59. The molecule has 0 bridgehead atoms. The van der Waals surface area contributed by atoms with Gasteiger partial charge in [-0.05, 0) is 26.7 Å². The first-order chi connectivity index (χ1) is 12.3. The van der Waals surface area contributed by atoms with Gasteiger partial charge < -0.3 is 14.8 Å². The van der Waals surface area contributed by atoms with E-state index < -0.39 is 13.2 Å². The summed E-state index contributed by atoms with van der Waals surface area (Å²) in [6.45, 7) is 6.22. The van der Waals surface area contributed by atoms with Crippen LogP contribution in [0.15, 0.2) is 23.0 Å². The maximum Gasteiger partial charge on any atom is 0.359 e. The van der Waals surface area contributed by atoms with Crippen LogP contribution >= 0.6 is 19.2 Å². The lowest BCUT2D eigenvalue weighted by atomic mass is 10.0. The first kappa shape index (κ1) is 19.3. The van der Waals surface area contributed by atoms with Crippen molar-refractivity contribution in [1.29, 1.82) is 0 Å². The van der Waals surface area contributed by atoms with Crippen LogP contribution < -0.4 is 5.73 Å². The van der Waals surface area contributed by atoms with Gasteiger partial charge in [-0.15, -0.1) is 0 Å². The number of nitrogens with zero attached hydrogens (tertiary/aromatic N) is 4. The van der Waals surface area contributed by atoms with Crippen LogP contribution in [0, 0.1) is 0 Å². The van der Waals surface area contributed by atoms with E-state index in [0.717, 1.165) is 12.8 Å². The van der Waals surface area contributed by atoms with Crippen molar-refractivity contribution in [2.45, 2.75) is 52.2 Å². The van der Waals surface area contributed by atoms with Gasteiger partial charge >= 0.3 is 7.60 Å². The van der Waals surface area contributed by atoms with E-state index in [9.17, 15) is 4.57 Å². The molecular formula is C16H23ClN5O3P. The summed E-state index contributed by atoms with van der Waals surface area (Å²) in [5.74, 6) is 0.302. The second-order valence-electron chi connectivity index (χ2n) is 6.41. The topological polar surface area (TPSA) is 105 Å². The van der Waals surface area contributed by atoms with Gasteiger partial charge in [0.25, 0.3) is 0 Å². The highest BCUT2D eigenvalue weighted by Gasteiger charge is 2.51. The summed E-state index contributed by atoms with van der Waals surface area (Å²) in [4.78, 5) is 12.4. The summed E-state index contributed by atoms with van der Waals surface area (Å²) in [7, 11) is -3.42. The van der Waals surface area contributed by atoms with Crippen LogP contribution in [-0.2, 0) is 20.2 Å². The Kier molecular flexibility index (Phi) is 5.40. The van der Waals surface area contributed by atoms with Crippen molar-refractivity contribution >= 4 is 36.2 Å². The van der Waals surface area contributed by atoms with Crippen LogP contribution in [0.3, 0.4) is 0 Å². The summed E-state index contributed by atoms with van der Waals surface area (Å²) in [5, 5.41) is 1.01. The van der Waals surface area contributed by atoms with E-state index in [1.165, 1.54) is 6.33 Å². The molecule has 0 saturated heterocycles. The van der Waals surface area contributed by atoms with Gasteiger partial charge in [0.2, 0.25) is 0 Å². The second-order valence-corrected chi connectivity index (χ2v) is 8.76. The summed E-state index contributed by atoms with van der Waals surface area (Å²) < 4.78 is 26.5. The van der Waals surface area contributed by atoms with E-state index in [4.69, 9.17) is 26.4 Å². The van der Waals surface area contributed by atoms with E-state index >= 15 is 0 Å². The molecule has 2 unspecified atom stereocenters. The SMILES string of the molecule is CCCCC1=C(Cl)C(C)(Cn2cnc3c(N)ncnc32)OP1(=O)OCC. The van der Waals surface area contributed by atoms with Crippen LogP contribution in [0.4, 0.5) is 5.82 Å². The Morgan fingerprint density at radius 2 is 2.15 bits per heavy atom. The van der Waals surface area contributed by atoms with Crippen molar-refractivity contribution in [2.24, 2.45) is 0 Å². The van der Waals surface area contributed by atoms with Crippen LogP contribution in [0.25, 0.3) is 11.2 Å². The Bertz CT molecular complexity index is 899. The molecule has 142 valence electrons. The molecule has 1 aliphatic heterocycles. The molecule has 0 amide bonds. The van der Waals surface area contributed by atoms with Gasteiger partial charge in [-0.2, -0.15) is 0 Å². The predicted molar refractivity (Wildman–Crippen MR) is 101 cm³/mol. The molecule has 26 heavy (non-hydrogen) atoms. The van der Waals surface area contributed by atoms with Crippen molar-refractivity contribution in [3.05, 3.63) is 23.0 Å². The zero-order chi connectivity index (χ0) is 18.9. The molecule has 2 aromatic heterocycles. The van der Waals surface area contributed by atoms with Gasteiger partial charge in [0.15, 0.2) is 11.5 Å². The van der Waals surface area contributed by atoms with Crippen LogP contribution in [0.1, 0.15) is 40.0 Å². The largest absolute Gasteiger partial charge is 0.382 e. The summed E-state index contributed by atoms with van der Waals surface area (Å²) >= 11 is 6.65. The molecule has 0 aromatic carbocycles. The lowest BCUT2D eigenvalue weighted by Gasteiger charge is -2.26. The number of rotatable bonds is 7. The molecule has 3 rings (SSSR count). The minimum Gasteiger partial charge on any atom is -0.382 e. The van der Waals surface area contributed by atoms with Gasteiger partial charge in [0, 0.05) is 0 Å². The number of halogens is 1. The maximum atomic E-state index is 13.3. The molecule has 3 heterocycles. The number of aromatic nitrogens is 4. The fourth-order valence-electron chi connectivity index (χ4n) is 3.09. The lowest BCUT2D eigenvalue weighted by molar-refractivity contribution is 0.101. The van der Waals surface area contributed by atoms with Crippen molar-refractivity contribution in [3.63, 3.8) is 0 Å². The van der Waals surface area contributed by atoms with E-state index in [-0.39, 0.29) is 13.2 Å². The number of hydrogen-bond donors (Lipinski definition) is 1. The summed E-state index contributed by atoms with van der Waals surface area (Å²) in [6, 6.07) is 0. The first-order valence-corrected chi connectivity index (χ1v) is 10.5. The smallest absolute Gasteiger partial charge is 0.359 e. The fourth-order valence-corrected chi connectivity index (χ4v) is 5.89. The van der Waals surface area contributed by atoms with Gasteiger partial charge in [-0.3, -0.25) is 9.09 Å². The summed E-state index contributed by atoms with van der Waals surface area (Å²) in [6.07, 6.45) is 5.38. The standard InChI is InChI=1S/C16H23ClN5O3P/c1-4-6-7-11-13(17)16(3,25-26(11,23)24-5-2)8-22-10-21-12-14(18)19-9-20-15(12)22/h9-10H,4-8H2,1-3H3,(H2,18,19,20). The molecule has 0 radical (unpaired) electrons. The van der Waals surface area contributed by atoms with Gasteiger partial charge in [0.1, 0.15) is 17.4 Å². The average Bonchev–Trinajstić information content (AvgIpc) is 3.06. The molecule has 0 spiro atoms. The Balaban J connectivity index is 1.99. The van der Waals surface area contributed by atoms with E-state index in [1.807, 2.05) is 0 Å². The number of fused-ring (bicyclic) bond motifs is 1. The van der Waals surface area contributed by atoms with Crippen LogP contribution in [0.5, 0.6) is 0 Å². The van der Waals surface area contributed by atoms with Gasteiger partial charge in [0.05, 0.1) is 29.8 Å². The Morgan fingerprint density at radius 3 is 2.85 bits per heavy atom. The average molecular weight is 400 g/mol. The molecular weight excluding hydrogens is 377 g/mol. The van der Waals surface area contributed by atoms with Gasteiger partial charge in [-0.1, -0.05) is 24.9 Å². The first-order valence-electron chi connectivity index (χ1n) is 8.61. The van der Waals surface area contributed by atoms with Crippen LogP contribution in [0.2, 0.25) is 0 Å². The normalized spacial score (nSPS) is 26.2. The molecule has 10 heteroatoms. The number of anilines is 1. The third-order valence-corrected chi connectivity index (χ3v) is 7.45. The minimum atomic E-state index is -3.42. The predicted octanol–water partition coefficient (Wildman–Crippen LogP) is 4.07. The maximum absolute atomic E-state index is 13.3. The lowest BCUT2D eigenvalue weighted by Crippen LogP contribution is -2.30. The second kappa shape index (κ2) is 7.27. The monoisotopic (exact) mass is 399 g/mol. The number of imidazole rings is 1. The Hall–Kier alpha value is -1.47. The number of nitrogen functional groups attached to an aromatic ring is 1. The molecule has 2 N–H and O–H groups in total. The minimum absolute atomic E-state index is 0.283. The molecule has 0 fully saturated rings. The summed E-state index contributed by atoms with van der Waals surface area (Å²) in [5.41, 5.74) is 5.92. The number of unbranched alkanes of at least 4 members (excludes halogenated alkanes) is 1. The molecule has 2 atom stereocenters. The van der Waals surface area contributed by atoms with E-state index in [2.05, 4.69) is 21.9 Å². The molecule has 8 nitrogen and oxygen atoms in total. The molecule has 1 aliphatic rings. The van der Waals surface area contributed by atoms with Crippen molar-refractivity contribution in [2.75, 3.05) is 12.3 Å². The van der Waals surface area contributed by atoms with Crippen molar-refractivity contribution < 1.29 is 13.6 Å². The highest BCUT2D eigenvalue weighted by Crippen LogP contribution is 2.68. The van der Waals surface area contributed by atoms with E-state index in [1.54, 1.807) is 24.7 Å². The van der Waals surface area contributed by atoms with E-state index in [0.29, 0.717) is 33.7 Å². The zero-order valence-corrected chi connectivity index (χ0v) is 16.8. The van der Waals surface area contributed by atoms with Crippen molar-refractivity contribution in [3.8, 4) is 0 Å². The zero-order valence-electron chi connectivity index (χ0n) is 15.1. The van der Waals surface area contributed by atoms with Crippen LogP contribution in [-0.4, -0.2) is 31.7 Å². The molecule has 0 saturated carbocycles. The highest BCUT2D eigenvalue weighted by atomic mass is 35.5. The number of allylic oxidation sites excluding steroid dienone is 1. The molecule has 2 aromatic rings. The molecule has 0 aliphatic carbocycles. The Labute approximate surface area is 157 Å². The third-order valence-electron chi connectivity index (χ3n) is 4.34. The number of hydrogen-bond acceptors (Lipinski definition) is 7. The quantitative estimate of drug-likeness (QED) is 0.699.